The Balaban J connectivity index is 1.58. The van der Waals surface area contributed by atoms with Crippen LogP contribution < -0.4 is 14.8 Å². The molecule has 1 N–H and O–H groups in total. The molecule has 1 heterocycles. The lowest BCUT2D eigenvalue weighted by molar-refractivity contribution is -0.138. The first-order valence-corrected chi connectivity index (χ1v) is 11.1. The van der Waals surface area contributed by atoms with E-state index in [4.69, 9.17) is 32.7 Å². The number of fused-ring (bicyclic) bond motifs is 1. The fraction of sp³-hybridized carbons (Fsp3) is 0.200. The average Bonchev–Trinajstić information content (AvgIpc) is 2.92. The maximum Gasteiger partial charge on any atom is 0.263 e. The number of carbonyl (C=O) groups is 2. The molecular weight excluding hydrogens is 463 g/mol. The van der Waals surface area contributed by atoms with E-state index >= 15 is 0 Å². The van der Waals surface area contributed by atoms with Gasteiger partial charge in [-0.1, -0.05) is 41.4 Å². The molecule has 170 valence electrons. The van der Waals surface area contributed by atoms with Gasteiger partial charge in [0.1, 0.15) is 11.5 Å². The van der Waals surface area contributed by atoms with Gasteiger partial charge < -0.3 is 19.7 Å². The Morgan fingerprint density at radius 1 is 1.12 bits per heavy atom. The summed E-state index contributed by atoms with van der Waals surface area (Å²) in [6.45, 7) is 2.43. The summed E-state index contributed by atoms with van der Waals surface area (Å²) in [5.41, 5.74) is 2.65. The van der Waals surface area contributed by atoms with Gasteiger partial charge in [-0.3, -0.25) is 9.59 Å². The summed E-state index contributed by atoms with van der Waals surface area (Å²) in [5.74, 6) is 0.869. The van der Waals surface area contributed by atoms with Crippen LogP contribution in [0, 0.1) is 0 Å². The van der Waals surface area contributed by atoms with Crippen LogP contribution in [0.15, 0.2) is 60.7 Å². The first kappa shape index (κ1) is 23.0. The zero-order chi connectivity index (χ0) is 23.5. The first-order valence-electron chi connectivity index (χ1n) is 10.3. The van der Waals surface area contributed by atoms with Gasteiger partial charge in [-0.25, -0.2) is 0 Å². The highest BCUT2D eigenvalue weighted by atomic mass is 35.5. The van der Waals surface area contributed by atoms with Gasteiger partial charge >= 0.3 is 0 Å². The quantitative estimate of drug-likeness (QED) is 0.514. The fourth-order valence-corrected chi connectivity index (χ4v) is 3.99. The van der Waals surface area contributed by atoms with E-state index in [1.807, 2.05) is 30.3 Å². The largest absolute Gasteiger partial charge is 0.496 e. The van der Waals surface area contributed by atoms with Crippen molar-refractivity contribution in [2.75, 3.05) is 12.4 Å². The summed E-state index contributed by atoms with van der Waals surface area (Å²) in [7, 11) is 1.60. The molecule has 0 spiro atoms. The summed E-state index contributed by atoms with van der Waals surface area (Å²) >= 11 is 12.0. The van der Waals surface area contributed by atoms with Gasteiger partial charge in [-0.2, -0.15) is 0 Å². The molecular formula is C25H22Cl2N2O4. The number of para-hydroxylation sites is 1. The second kappa shape index (κ2) is 9.73. The number of hydrogen-bond donors (Lipinski definition) is 1. The zero-order valence-electron chi connectivity index (χ0n) is 18.1. The van der Waals surface area contributed by atoms with Crippen LogP contribution >= 0.6 is 23.2 Å². The molecule has 1 unspecified atom stereocenters. The van der Waals surface area contributed by atoms with Crippen molar-refractivity contribution in [2.24, 2.45) is 0 Å². The van der Waals surface area contributed by atoms with E-state index in [0.717, 1.165) is 11.1 Å². The Morgan fingerprint density at radius 3 is 2.67 bits per heavy atom. The molecule has 6 nitrogen and oxygen atoms in total. The molecule has 0 saturated carbocycles. The lowest BCUT2D eigenvalue weighted by Crippen LogP contribution is -2.37. The van der Waals surface area contributed by atoms with Gasteiger partial charge in [0.15, 0.2) is 6.10 Å². The van der Waals surface area contributed by atoms with Crippen molar-refractivity contribution in [1.82, 2.24) is 4.90 Å². The molecule has 0 aliphatic carbocycles. The van der Waals surface area contributed by atoms with Crippen molar-refractivity contribution in [2.45, 2.75) is 26.1 Å². The number of nitrogens with zero attached hydrogens (tertiary/aromatic N) is 1. The number of rotatable bonds is 5. The van der Waals surface area contributed by atoms with Crippen molar-refractivity contribution in [3.05, 3.63) is 87.4 Å². The number of amides is 2. The van der Waals surface area contributed by atoms with Crippen LogP contribution in [0.5, 0.6) is 11.5 Å². The highest BCUT2D eigenvalue weighted by Gasteiger charge is 2.28. The van der Waals surface area contributed by atoms with Crippen LogP contribution in [0.3, 0.4) is 0 Å². The fourth-order valence-electron chi connectivity index (χ4n) is 3.69. The first-order chi connectivity index (χ1) is 15.9. The third-order valence-electron chi connectivity index (χ3n) is 5.38. The van der Waals surface area contributed by atoms with Gasteiger partial charge in [-0.05, 0) is 49.4 Å². The third-order valence-corrected chi connectivity index (χ3v) is 6.12. The van der Waals surface area contributed by atoms with Gasteiger partial charge in [0.2, 0.25) is 0 Å². The van der Waals surface area contributed by atoms with Crippen LogP contribution in [0.4, 0.5) is 5.69 Å². The molecule has 8 heteroatoms. The van der Waals surface area contributed by atoms with Crippen molar-refractivity contribution in [1.29, 1.82) is 0 Å². The normalized spacial score (nSPS) is 15.3. The standard InChI is InChI=1S/C25H22Cl2N2O4/c1-15-25(31)29(13-17-5-3-4-6-22(17)32-2)14-18-11-19(8-10-23(18)33-15)28-24(30)16-7-9-20(26)21(27)12-16/h3-12,15H,13-14H2,1-2H3,(H,28,30). The molecule has 0 bridgehead atoms. The number of hydrogen-bond acceptors (Lipinski definition) is 4. The second-order valence-electron chi connectivity index (χ2n) is 7.67. The van der Waals surface area contributed by atoms with E-state index in [9.17, 15) is 9.59 Å². The number of benzene rings is 3. The maximum atomic E-state index is 13.0. The topological polar surface area (TPSA) is 67.9 Å². The maximum absolute atomic E-state index is 13.0. The molecule has 3 aromatic carbocycles. The average molecular weight is 485 g/mol. The van der Waals surface area contributed by atoms with Gasteiger partial charge in [0.05, 0.1) is 17.2 Å². The Hall–Kier alpha value is -3.22. The number of halogens is 2. The Kier molecular flexibility index (Phi) is 6.77. The minimum absolute atomic E-state index is 0.126. The highest BCUT2D eigenvalue weighted by molar-refractivity contribution is 6.42. The minimum Gasteiger partial charge on any atom is -0.496 e. The Bertz CT molecular complexity index is 1210. The second-order valence-corrected chi connectivity index (χ2v) is 8.49. The number of carbonyl (C=O) groups excluding carboxylic acids is 2. The Labute approximate surface area is 202 Å². The van der Waals surface area contributed by atoms with Crippen molar-refractivity contribution in [3.63, 3.8) is 0 Å². The minimum atomic E-state index is -0.641. The molecule has 33 heavy (non-hydrogen) atoms. The van der Waals surface area contributed by atoms with Crippen molar-refractivity contribution >= 4 is 40.7 Å². The van der Waals surface area contributed by atoms with Crippen LogP contribution in [0.1, 0.15) is 28.4 Å². The van der Waals surface area contributed by atoms with E-state index in [2.05, 4.69) is 5.32 Å². The van der Waals surface area contributed by atoms with E-state index in [0.29, 0.717) is 45.9 Å². The summed E-state index contributed by atoms with van der Waals surface area (Å²) in [4.78, 5) is 27.4. The third kappa shape index (κ3) is 5.07. The van der Waals surface area contributed by atoms with Gasteiger partial charge in [0.25, 0.3) is 11.8 Å². The van der Waals surface area contributed by atoms with E-state index in [1.165, 1.54) is 6.07 Å². The molecule has 1 aliphatic heterocycles. The SMILES string of the molecule is COc1ccccc1CN1Cc2cc(NC(=O)c3ccc(Cl)c(Cl)c3)ccc2OC(C)C1=O. The lowest BCUT2D eigenvalue weighted by atomic mass is 10.1. The van der Waals surface area contributed by atoms with Crippen LogP contribution in [0.2, 0.25) is 10.0 Å². The van der Waals surface area contributed by atoms with E-state index in [1.54, 1.807) is 43.2 Å². The predicted molar refractivity (Wildman–Crippen MR) is 128 cm³/mol. The lowest BCUT2D eigenvalue weighted by Gasteiger charge is -2.23. The molecule has 3 aromatic rings. The summed E-state index contributed by atoms with van der Waals surface area (Å²) < 4.78 is 11.3. The molecule has 0 radical (unpaired) electrons. The van der Waals surface area contributed by atoms with E-state index < -0.39 is 6.10 Å². The highest BCUT2D eigenvalue weighted by Crippen LogP contribution is 2.31. The molecule has 0 aromatic heterocycles. The number of methoxy groups -OCH3 is 1. The zero-order valence-corrected chi connectivity index (χ0v) is 19.6. The monoisotopic (exact) mass is 484 g/mol. The van der Waals surface area contributed by atoms with Gasteiger partial charge in [0, 0.05) is 35.5 Å². The number of nitrogens with one attached hydrogen (secondary N) is 1. The molecule has 4 rings (SSSR count). The smallest absolute Gasteiger partial charge is 0.263 e. The molecule has 0 fully saturated rings. The van der Waals surface area contributed by atoms with Crippen LogP contribution in [-0.2, 0) is 17.9 Å². The molecule has 0 saturated heterocycles. The van der Waals surface area contributed by atoms with Gasteiger partial charge in [-0.15, -0.1) is 0 Å². The number of ether oxygens (including phenoxy) is 2. The summed E-state index contributed by atoms with van der Waals surface area (Å²) in [6.07, 6.45) is -0.641. The predicted octanol–water partition coefficient (Wildman–Crippen LogP) is 5.56. The van der Waals surface area contributed by atoms with Crippen LogP contribution in [-0.4, -0.2) is 29.9 Å². The number of anilines is 1. The molecule has 1 aliphatic rings. The Morgan fingerprint density at radius 2 is 1.91 bits per heavy atom. The molecule has 2 amide bonds. The van der Waals surface area contributed by atoms with E-state index in [-0.39, 0.29) is 11.8 Å². The summed E-state index contributed by atoms with van der Waals surface area (Å²) in [6, 6.07) is 17.6. The van der Waals surface area contributed by atoms with Crippen molar-refractivity contribution < 1.29 is 19.1 Å². The summed E-state index contributed by atoms with van der Waals surface area (Å²) in [5, 5.41) is 3.54. The molecule has 1 atom stereocenters. The van der Waals surface area contributed by atoms with Crippen molar-refractivity contribution in [3.8, 4) is 11.5 Å². The van der Waals surface area contributed by atoms with Crippen LogP contribution in [0.25, 0.3) is 0 Å².